The summed E-state index contributed by atoms with van der Waals surface area (Å²) in [6.45, 7) is 0.849. The van der Waals surface area contributed by atoms with E-state index in [1.54, 1.807) is 48.5 Å². The van der Waals surface area contributed by atoms with Gasteiger partial charge in [0.2, 0.25) is 5.91 Å². The fourth-order valence-electron chi connectivity index (χ4n) is 2.38. The predicted octanol–water partition coefficient (Wildman–Crippen LogP) is 4.60. The van der Waals surface area contributed by atoms with Gasteiger partial charge in [-0.1, -0.05) is 41.4 Å². The van der Waals surface area contributed by atoms with Gasteiger partial charge in [-0.25, -0.2) is 4.79 Å². The molecule has 128 valence electrons. The van der Waals surface area contributed by atoms with Gasteiger partial charge in [-0.05, 0) is 35.9 Å². The summed E-state index contributed by atoms with van der Waals surface area (Å²) >= 11 is 12.0. The number of anilines is 2. The highest BCUT2D eigenvalue weighted by molar-refractivity contribution is 6.42. The Morgan fingerprint density at radius 3 is 2.76 bits per heavy atom. The van der Waals surface area contributed by atoms with Gasteiger partial charge in [0.1, 0.15) is 6.61 Å². The van der Waals surface area contributed by atoms with Crippen LogP contribution in [0.5, 0.6) is 0 Å². The minimum absolute atomic E-state index is 0.322. The van der Waals surface area contributed by atoms with Crippen molar-refractivity contribution >= 4 is 52.7 Å². The van der Waals surface area contributed by atoms with E-state index in [0.717, 1.165) is 0 Å². The lowest BCUT2D eigenvalue weighted by atomic mass is 10.2. The lowest BCUT2D eigenvalue weighted by Crippen LogP contribution is -2.23. The highest BCUT2D eigenvalue weighted by Gasteiger charge is 2.23. The van der Waals surface area contributed by atoms with Crippen molar-refractivity contribution < 1.29 is 14.3 Å². The molecule has 2 aromatic carbocycles. The zero-order valence-electron chi connectivity index (χ0n) is 13.0. The first-order valence-corrected chi connectivity index (χ1v) is 8.27. The molecule has 0 bridgehead atoms. The molecule has 0 unspecified atom stereocenters. The fourth-order valence-corrected chi connectivity index (χ4v) is 2.75. The van der Waals surface area contributed by atoms with E-state index in [0.29, 0.717) is 40.1 Å². The summed E-state index contributed by atoms with van der Waals surface area (Å²) in [6.07, 6.45) is 2.57. The van der Waals surface area contributed by atoms with Gasteiger partial charge in [0, 0.05) is 17.5 Å². The van der Waals surface area contributed by atoms with Crippen molar-refractivity contribution in [1.29, 1.82) is 0 Å². The molecule has 7 heteroatoms. The maximum absolute atomic E-state index is 12.1. The maximum Gasteiger partial charge on any atom is 0.414 e. The second-order valence-corrected chi connectivity index (χ2v) is 6.07. The Morgan fingerprint density at radius 1 is 1.20 bits per heavy atom. The molecule has 3 rings (SSSR count). The largest absolute Gasteiger partial charge is 0.447 e. The number of nitrogens with zero attached hydrogens (tertiary/aromatic N) is 1. The van der Waals surface area contributed by atoms with Crippen LogP contribution in [-0.2, 0) is 9.53 Å². The highest BCUT2D eigenvalue weighted by atomic mass is 35.5. The summed E-state index contributed by atoms with van der Waals surface area (Å²) in [6, 6.07) is 12.2. The molecule has 0 radical (unpaired) electrons. The maximum atomic E-state index is 12.1. The van der Waals surface area contributed by atoms with Crippen molar-refractivity contribution in [1.82, 2.24) is 0 Å². The third-order valence-electron chi connectivity index (χ3n) is 3.58. The molecule has 25 heavy (non-hydrogen) atoms. The Kier molecular flexibility index (Phi) is 5.26. The summed E-state index contributed by atoms with van der Waals surface area (Å²) in [7, 11) is 0. The quantitative estimate of drug-likeness (QED) is 0.793. The molecule has 0 aliphatic carbocycles. The SMILES string of the molecule is O=C(/C=C/c1cccc(Cl)c1Cl)Nc1cccc(N2CCOC2=O)c1. The number of ether oxygens (including phenoxy) is 1. The Bertz CT molecular complexity index is 852. The number of carbonyl (C=O) groups excluding carboxylic acids is 2. The number of rotatable bonds is 4. The van der Waals surface area contributed by atoms with Gasteiger partial charge in [-0.2, -0.15) is 0 Å². The second kappa shape index (κ2) is 7.59. The average molecular weight is 377 g/mol. The van der Waals surface area contributed by atoms with Gasteiger partial charge < -0.3 is 10.1 Å². The number of carbonyl (C=O) groups is 2. The number of nitrogens with one attached hydrogen (secondary N) is 1. The van der Waals surface area contributed by atoms with E-state index >= 15 is 0 Å². The average Bonchev–Trinajstić information content (AvgIpc) is 3.02. The van der Waals surface area contributed by atoms with Gasteiger partial charge in [-0.3, -0.25) is 9.69 Å². The van der Waals surface area contributed by atoms with Crippen molar-refractivity contribution in [2.24, 2.45) is 0 Å². The first-order valence-electron chi connectivity index (χ1n) is 7.52. The summed E-state index contributed by atoms with van der Waals surface area (Å²) < 4.78 is 4.91. The van der Waals surface area contributed by atoms with Crippen LogP contribution in [0.1, 0.15) is 5.56 Å². The molecule has 1 saturated heterocycles. The van der Waals surface area contributed by atoms with E-state index in [-0.39, 0.29) is 12.0 Å². The molecule has 5 nitrogen and oxygen atoms in total. The van der Waals surface area contributed by atoms with E-state index in [9.17, 15) is 9.59 Å². The van der Waals surface area contributed by atoms with Crippen molar-refractivity contribution in [3.05, 3.63) is 64.1 Å². The molecule has 0 saturated carbocycles. The monoisotopic (exact) mass is 376 g/mol. The van der Waals surface area contributed by atoms with Gasteiger partial charge in [0.25, 0.3) is 0 Å². The molecule has 1 N–H and O–H groups in total. The predicted molar refractivity (Wildman–Crippen MR) is 99.3 cm³/mol. The van der Waals surface area contributed by atoms with Crippen molar-refractivity contribution in [2.45, 2.75) is 0 Å². The molecule has 0 atom stereocenters. The zero-order chi connectivity index (χ0) is 17.8. The van der Waals surface area contributed by atoms with Crippen LogP contribution >= 0.6 is 23.2 Å². The van der Waals surface area contributed by atoms with E-state index < -0.39 is 0 Å². The van der Waals surface area contributed by atoms with Crippen molar-refractivity contribution in [3.8, 4) is 0 Å². The summed E-state index contributed by atoms with van der Waals surface area (Å²) in [5.74, 6) is -0.322. The first-order chi connectivity index (χ1) is 12.0. The lowest BCUT2D eigenvalue weighted by molar-refractivity contribution is -0.111. The smallest absolute Gasteiger partial charge is 0.414 e. The normalized spacial score (nSPS) is 14.0. The molecule has 1 heterocycles. The van der Waals surface area contributed by atoms with Crippen LogP contribution in [0.25, 0.3) is 6.08 Å². The van der Waals surface area contributed by atoms with E-state index in [4.69, 9.17) is 27.9 Å². The number of hydrogen-bond donors (Lipinski definition) is 1. The molecular formula is C18H14Cl2N2O3. The molecule has 1 aliphatic heterocycles. The number of benzene rings is 2. The number of cyclic esters (lactones) is 1. The first kappa shape index (κ1) is 17.3. The van der Waals surface area contributed by atoms with Gasteiger partial charge in [0.05, 0.1) is 16.6 Å². The Balaban J connectivity index is 1.70. The lowest BCUT2D eigenvalue weighted by Gasteiger charge is -2.13. The van der Waals surface area contributed by atoms with Crippen LogP contribution in [-0.4, -0.2) is 25.2 Å². The molecule has 1 aliphatic rings. The summed E-state index contributed by atoms with van der Waals surface area (Å²) in [4.78, 5) is 25.2. The standard InChI is InChI=1S/C18H14Cl2N2O3/c19-15-6-1-3-12(17(15)20)7-8-16(23)21-13-4-2-5-14(11-13)22-9-10-25-18(22)24/h1-8,11H,9-10H2,(H,21,23)/b8-7+. The van der Waals surface area contributed by atoms with Crippen LogP contribution in [0.15, 0.2) is 48.5 Å². The zero-order valence-corrected chi connectivity index (χ0v) is 14.6. The van der Waals surface area contributed by atoms with Crippen LogP contribution in [0.2, 0.25) is 10.0 Å². The molecule has 0 spiro atoms. The summed E-state index contributed by atoms with van der Waals surface area (Å²) in [5.41, 5.74) is 1.89. The minimum Gasteiger partial charge on any atom is -0.447 e. The van der Waals surface area contributed by atoms with Crippen LogP contribution in [0, 0.1) is 0 Å². The Labute approximate surface area is 154 Å². The van der Waals surface area contributed by atoms with E-state index in [1.807, 2.05) is 0 Å². The van der Waals surface area contributed by atoms with Gasteiger partial charge in [-0.15, -0.1) is 0 Å². The van der Waals surface area contributed by atoms with Crippen LogP contribution in [0.3, 0.4) is 0 Å². The molecule has 2 amide bonds. The third kappa shape index (κ3) is 4.13. The molecule has 2 aromatic rings. The highest BCUT2D eigenvalue weighted by Crippen LogP contribution is 2.26. The second-order valence-electron chi connectivity index (χ2n) is 5.28. The third-order valence-corrected chi connectivity index (χ3v) is 4.42. The number of amides is 2. The van der Waals surface area contributed by atoms with Gasteiger partial charge in [0.15, 0.2) is 0 Å². The van der Waals surface area contributed by atoms with Crippen molar-refractivity contribution in [3.63, 3.8) is 0 Å². The van der Waals surface area contributed by atoms with Crippen LogP contribution < -0.4 is 10.2 Å². The molecular weight excluding hydrogens is 363 g/mol. The minimum atomic E-state index is -0.390. The van der Waals surface area contributed by atoms with Crippen molar-refractivity contribution in [2.75, 3.05) is 23.4 Å². The van der Waals surface area contributed by atoms with E-state index in [2.05, 4.69) is 5.32 Å². The molecule has 0 aromatic heterocycles. The van der Waals surface area contributed by atoms with E-state index in [1.165, 1.54) is 11.0 Å². The topological polar surface area (TPSA) is 58.6 Å². The molecule has 1 fully saturated rings. The Morgan fingerprint density at radius 2 is 2.00 bits per heavy atom. The summed E-state index contributed by atoms with van der Waals surface area (Å²) in [5, 5.41) is 3.56. The Hall–Kier alpha value is -2.50. The van der Waals surface area contributed by atoms with Gasteiger partial charge >= 0.3 is 6.09 Å². The van der Waals surface area contributed by atoms with Crippen LogP contribution in [0.4, 0.5) is 16.2 Å². The number of hydrogen-bond acceptors (Lipinski definition) is 3. The fraction of sp³-hybridized carbons (Fsp3) is 0.111. The number of halogens is 2.